The van der Waals surface area contributed by atoms with E-state index in [2.05, 4.69) is 5.32 Å². The summed E-state index contributed by atoms with van der Waals surface area (Å²) in [4.78, 5) is 0.818. The summed E-state index contributed by atoms with van der Waals surface area (Å²) in [6.45, 7) is 3.68. The SMILES string of the molecule is COc1ccc2c(c1)c(C1=C(c3cc(CNCc4ccccc4)sc3C)C(F)(F)C(F)(F)C1(F)F)c(C)n2C. The van der Waals surface area contributed by atoms with Crippen molar-refractivity contribution in [1.29, 1.82) is 0 Å². The molecule has 206 valence electrons. The van der Waals surface area contributed by atoms with Crippen molar-refractivity contribution in [2.24, 2.45) is 7.05 Å². The zero-order chi connectivity index (χ0) is 28.3. The van der Waals surface area contributed by atoms with E-state index in [1.807, 2.05) is 30.3 Å². The minimum Gasteiger partial charge on any atom is -0.497 e. The topological polar surface area (TPSA) is 26.2 Å². The van der Waals surface area contributed by atoms with E-state index in [9.17, 15) is 0 Å². The van der Waals surface area contributed by atoms with Crippen LogP contribution in [0.5, 0.6) is 5.75 Å². The van der Waals surface area contributed by atoms with E-state index >= 15 is 26.3 Å². The number of fused-ring (bicyclic) bond motifs is 1. The summed E-state index contributed by atoms with van der Waals surface area (Å²) in [6.07, 6.45) is 0. The molecule has 0 aliphatic heterocycles. The second-order valence-electron chi connectivity index (χ2n) is 9.65. The molecule has 2 heterocycles. The summed E-state index contributed by atoms with van der Waals surface area (Å²) < 4.78 is 99.0. The molecule has 2 aromatic heterocycles. The molecule has 3 nitrogen and oxygen atoms in total. The van der Waals surface area contributed by atoms with Crippen molar-refractivity contribution >= 4 is 33.4 Å². The molecule has 1 N–H and O–H groups in total. The van der Waals surface area contributed by atoms with Gasteiger partial charge in [-0.15, -0.1) is 11.3 Å². The maximum atomic E-state index is 15.6. The van der Waals surface area contributed by atoms with E-state index in [4.69, 9.17) is 4.74 Å². The minimum atomic E-state index is -5.63. The lowest BCUT2D eigenvalue weighted by atomic mass is 9.93. The Morgan fingerprint density at radius 2 is 1.54 bits per heavy atom. The number of halogens is 6. The Morgan fingerprint density at radius 1 is 0.872 bits per heavy atom. The van der Waals surface area contributed by atoms with Gasteiger partial charge in [-0.1, -0.05) is 30.3 Å². The molecule has 0 bridgehead atoms. The third kappa shape index (κ3) is 4.07. The van der Waals surface area contributed by atoms with Gasteiger partial charge in [0, 0.05) is 63.2 Å². The number of ether oxygens (including phenoxy) is 1. The van der Waals surface area contributed by atoms with Crippen molar-refractivity contribution in [3.63, 3.8) is 0 Å². The van der Waals surface area contributed by atoms with Gasteiger partial charge in [-0.05, 0) is 49.2 Å². The molecule has 0 unspecified atom stereocenters. The first-order valence-electron chi connectivity index (χ1n) is 12.2. The summed E-state index contributed by atoms with van der Waals surface area (Å²) in [5.74, 6) is -15.6. The fourth-order valence-corrected chi connectivity index (χ4v) is 6.22. The second-order valence-corrected chi connectivity index (χ2v) is 11.0. The molecule has 5 rings (SSSR count). The number of aryl methyl sites for hydroxylation is 2. The molecule has 0 radical (unpaired) electrons. The minimum absolute atomic E-state index is 0.132. The molecule has 0 fully saturated rings. The number of allylic oxidation sites excluding steroid dienone is 2. The van der Waals surface area contributed by atoms with Gasteiger partial charge in [0.25, 0.3) is 0 Å². The quantitative estimate of drug-likeness (QED) is 0.230. The number of thiophene rings is 1. The van der Waals surface area contributed by atoms with Gasteiger partial charge >= 0.3 is 17.8 Å². The Hall–Kier alpha value is -3.24. The number of hydrogen-bond donors (Lipinski definition) is 1. The average Bonchev–Trinajstić information content (AvgIpc) is 3.41. The van der Waals surface area contributed by atoms with Crippen molar-refractivity contribution < 1.29 is 31.1 Å². The highest BCUT2D eigenvalue weighted by atomic mass is 32.1. The van der Waals surface area contributed by atoms with E-state index in [0.29, 0.717) is 16.9 Å². The van der Waals surface area contributed by atoms with Crippen LogP contribution in [-0.4, -0.2) is 29.4 Å². The predicted molar refractivity (Wildman–Crippen MR) is 142 cm³/mol. The van der Waals surface area contributed by atoms with Gasteiger partial charge in [0.05, 0.1) is 7.11 Å². The van der Waals surface area contributed by atoms with Gasteiger partial charge in [0.1, 0.15) is 5.75 Å². The molecule has 0 spiro atoms. The number of nitrogens with one attached hydrogen (secondary N) is 1. The van der Waals surface area contributed by atoms with Gasteiger partial charge in [-0.3, -0.25) is 0 Å². The zero-order valence-electron chi connectivity index (χ0n) is 21.6. The number of hydrogen-bond acceptors (Lipinski definition) is 3. The number of nitrogens with zero attached hydrogens (tertiary/aromatic N) is 1. The van der Waals surface area contributed by atoms with Crippen LogP contribution in [0.3, 0.4) is 0 Å². The molecule has 0 saturated heterocycles. The molecule has 10 heteroatoms. The van der Waals surface area contributed by atoms with Crippen LogP contribution in [0.4, 0.5) is 26.3 Å². The predicted octanol–water partition coefficient (Wildman–Crippen LogP) is 7.99. The summed E-state index contributed by atoms with van der Waals surface area (Å²) >= 11 is 1.11. The zero-order valence-corrected chi connectivity index (χ0v) is 22.5. The van der Waals surface area contributed by atoms with Crippen LogP contribution in [0.15, 0.2) is 54.6 Å². The smallest absolute Gasteiger partial charge is 0.380 e. The number of methoxy groups -OCH3 is 1. The molecular formula is C29H26F6N2OS. The lowest BCUT2D eigenvalue weighted by molar-refractivity contribution is -0.254. The Kier molecular flexibility index (Phi) is 6.62. The Morgan fingerprint density at radius 3 is 2.21 bits per heavy atom. The van der Waals surface area contributed by atoms with Gasteiger partial charge in [0.2, 0.25) is 0 Å². The second kappa shape index (κ2) is 9.45. The normalized spacial score (nSPS) is 17.8. The monoisotopic (exact) mass is 564 g/mol. The first-order chi connectivity index (χ1) is 18.3. The highest BCUT2D eigenvalue weighted by Gasteiger charge is 2.80. The Labute approximate surface area is 225 Å². The molecule has 1 aliphatic rings. The largest absolute Gasteiger partial charge is 0.497 e. The van der Waals surface area contributed by atoms with E-state index < -0.39 is 28.9 Å². The summed E-state index contributed by atoms with van der Waals surface area (Å²) in [7, 11) is 2.94. The van der Waals surface area contributed by atoms with Gasteiger partial charge in [-0.2, -0.15) is 26.3 Å². The van der Waals surface area contributed by atoms with Crippen LogP contribution in [0.1, 0.15) is 32.1 Å². The first kappa shape index (κ1) is 27.3. The molecule has 0 amide bonds. The molecule has 1 aliphatic carbocycles. The lowest BCUT2D eigenvalue weighted by Crippen LogP contribution is -2.49. The molecule has 0 atom stereocenters. The van der Waals surface area contributed by atoms with E-state index in [0.717, 1.165) is 16.9 Å². The number of aromatic nitrogens is 1. The van der Waals surface area contributed by atoms with Crippen LogP contribution in [0.2, 0.25) is 0 Å². The molecule has 0 saturated carbocycles. The summed E-state index contributed by atoms with van der Waals surface area (Å²) in [5.41, 5.74) is -1.73. The van der Waals surface area contributed by atoms with Gasteiger partial charge < -0.3 is 14.6 Å². The molecule has 39 heavy (non-hydrogen) atoms. The van der Waals surface area contributed by atoms with Gasteiger partial charge in [-0.25, -0.2) is 0 Å². The van der Waals surface area contributed by atoms with E-state index in [1.165, 1.54) is 37.7 Å². The van der Waals surface area contributed by atoms with E-state index in [-0.39, 0.29) is 39.4 Å². The van der Waals surface area contributed by atoms with Crippen molar-refractivity contribution in [3.8, 4) is 5.75 Å². The van der Waals surface area contributed by atoms with Crippen LogP contribution >= 0.6 is 11.3 Å². The first-order valence-corrected chi connectivity index (χ1v) is 13.0. The number of rotatable bonds is 7. The van der Waals surface area contributed by atoms with Crippen molar-refractivity contribution in [3.05, 3.63) is 86.7 Å². The molecule has 4 aromatic rings. The van der Waals surface area contributed by atoms with Crippen LogP contribution in [-0.2, 0) is 20.1 Å². The third-order valence-electron chi connectivity index (χ3n) is 7.33. The summed E-state index contributed by atoms with van der Waals surface area (Å²) in [6, 6.07) is 15.4. The maximum absolute atomic E-state index is 15.6. The lowest BCUT2D eigenvalue weighted by Gasteiger charge is -2.26. The molecule has 2 aromatic carbocycles. The van der Waals surface area contributed by atoms with Crippen LogP contribution in [0, 0.1) is 13.8 Å². The summed E-state index contributed by atoms with van der Waals surface area (Å²) in [5, 5.41) is 3.32. The number of alkyl halides is 6. The highest BCUT2D eigenvalue weighted by molar-refractivity contribution is 7.12. The van der Waals surface area contributed by atoms with Crippen LogP contribution < -0.4 is 10.1 Å². The van der Waals surface area contributed by atoms with E-state index in [1.54, 1.807) is 19.2 Å². The number of benzene rings is 2. The average molecular weight is 565 g/mol. The standard InChI is InChI=1S/C29H26F6N2OS/c1-16-24(22-12-19(38-4)10-11-23(22)37(16)3)26-25(27(30,31)29(34,35)28(26,32)33)21-13-20(39-17(21)2)15-36-14-18-8-6-5-7-9-18/h5-13,36H,14-15H2,1-4H3. The van der Waals surface area contributed by atoms with Gasteiger partial charge in [0.15, 0.2) is 0 Å². The maximum Gasteiger partial charge on any atom is 0.380 e. The fraction of sp³-hybridized carbons (Fsp3) is 0.310. The fourth-order valence-electron chi connectivity index (χ4n) is 5.21. The third-order valence-corrected chi connectivity index (χ3v) is 8.38. The molecular weight excluding hydrogens is 538 g/mol. The highest BCUT2D eigenvalue weighted by Crippen LogP contribution is 2.66. The van der Waals surface area contributed by atoms with Crippen molar-refractivity contribution in [2.45, 2.75) is 44.7 Å². The Bertz CT molecular complexity index is 1590. The van der Waals surface area contributed by atoms with Crippen LogP contribution in [0.25, 0.3) is 22.0 Å². The van der Waals surface area contributed by atoms with Crippen molar-refractivity contribution in [2.75, 3.05) is 7.11 Å². The van der Waals surface area contributed by atoms with Crippen molar-refractivity contribution in [1.82, 2.24) is 9.88 Å². The Balaban J connectivity index is 1.69.